The maximum absolute atomic E-state index is 13.7. The number of ether oxygens (including phenoxy) is 4. The highest BCUT2D eigenvalue weighted by Crippen LogP contribution is 2.40. The molecule has 3 amide bonds. The maximum atomic E-state index is 13.7. The molecular formula is C35H31ClN2O8. The van der Waals surface area contributed by atoms with Gasteiger partial charge in [-0.05, 0) is 66.1 Å². The van der Waals surface area contributed by atoms with Gasteiger partial charge in [0.15, 0.2) is 11.5 Å². The minimum absolute atomic E-state index is 0.107. The summed E-state index contributed by atoms with van der Waals surface area (Å²) in [6.07, 6.45) is -0.122. The Morgan fingerprint density at radius 1 is 0.783 bits per heavy atom. The van der Waals surface area contributed by atoms with Crippen molar-refractivity contribution < 1.29 is 38.2 Å². The first-order chi connectivity index (χ1) is 22.4. The van der Waals surface area contributed by atoms with E-state index in [1.54, 1.807) is 55.5 Å². The van der Waals surface area contributed by atoms with Crippen LogP contribution in [0.4, 0.5) is 0 Å². The average molecular weight is 643 g/mol. The third-order valence-electron chi connectivity index (χ3n) is 7.83. The Balaban J connectivity index is 1.18. The molecule has 2 heterocycles. The zero-order valence-corrected chi connectivity index (χ0v) is 26.0. The van der Waals surface area contributed by atoms with E-state index in [0.29, 0.717) is 35.6 Å². The van der Waals surface area contributed by atoms with Crippen molar-refractivity contribution in [1.82, 2.24) is 9.96 Å². The van der Waals surface area contributed by atoms with Gasteiger partial charge in [-0.15, -0.1) is 5.06 Å². The molecule has 0 aliphatic carbocycles. The van der Waals surface area contributed by atoms with Gasteiger partial charge < -0.3 is 23.8 Å². The number of carbonyl (C=O) groups is 3. The largest absolute Gasteiger partial charge is 0.497 e. The van der Waals surface area contributed by atoms with Gasteiger partial charge in [-0.2, -0.15) is 0 Å². The van der Waals surface area contributed by atoms with E-state index in [9.17, 15) is 14.4 Å². The van der Waals surface area contributed by atoms with Crippen LogP contribution in [-0.4, -0.2) is 61.1 Å². The van der Waals surface area contributed by atoms with Crippen LogP contribution >= 0.6 is 11.6 Å². The first-order valence-corrected chi connectivity index (χ1v) is 15.0. The summed E-state index contributed by atoms with van der Waals surface area (Å²) in [6, 6.07) is 24.7. The number of halogens is 1. The monoisotopic (exact) mass is 642 g/mol. The Hall–Kier alpha value is -5.06. The minimum atomic E-state index is -0.553. The Kier molecular flexibility index (Phi) is 9.09. The van der Waals surface area contributed by atoms with Gasteiger partial charge in [0.05, 0.1) is 35.9 Å². The third kappa shape index (κ3) is 6.35. The molecule has 0 bridgehead atoms. The lowest BCUT2D eigenvalue weighted by Gasteiger charge is -2.21. The van der Waals surface area contributed by atoms with Crippen LogP contribution in [0.2, 0.25) is 5.02 Å². The third-order valence-corrected chi connectivity index (χ3v) is 8.21. The minimum Gasteiger partial charge on any atom is -0.497 e. The van der Waals surface area contributed by atoms with Crippen molar-refractivity contribution in [1.29, 1.82) is 0 Å². The first-order valence-electron chi connectivity index (χ1n) is 14.6. The number of likely N-dealkylation sites (tertiary alicyclic amines) is 1. The molecule has 1 saturated heterocycles. The van der Waals surface area contributed by atoms with Gasteiger partial charge in [0.1, 0.15) is 30.8 Å². The average Bonchev–Trinajstić information content (AvgIpc) is 3.66. The molecule has 0 spiro atoms. The Morgan fingerprint density at radius 2 is 1.35 bits per heavy atom. The van der Waals surface area contributed by atoms with E-state index in [1.807, 2.05) is 48.5 Å². The molecule has 10 nitrogen and oxygen atoms in total. The predicted octanol–water partition coefficient (Wildman–Crippen LogP) is 5.96. The molecule has 6 rings (SSSR count). The normalized spacial score (nSPS) is 15.6. The number of hydrogen-bond acceptors (Lipinski definition) is 8. The summed E-state index contributed by atoms with van der Waals surface area (Å²) >= 11 is 6.87. The van der Waals surface area contributed by atoms with E-state index < -0.39 is 17.9 Å². The number of nitrogens with zero attached hydrogens (tertiary/aromatic N) is 2. The van der Waals surface area contributed by atoms with E-state index in [4.69, 9.17) is 35.4 Å². The van der Waals surface area contributed by atoms with Crippen molar-refractivity contribution in [2.45, 2.75) is 25.7 Å². The number of benzene rings is 4. The fraction of sp³-hybridized carbons (Fsp3) is 0.229. The van der Waals surface area contributed by atoms with Gasteiger partial charge in [-0.25, -0.2) is 0 Å². The molecule has 46 heavy (non-hydrogen) atoms. The summed E-state index contributed by atoms with van der Waals surface area (Å²) in [6.45, 7) is 0.913. The van der Waals surface area contributed by atoms with Gasteiger partial charge in [0, 0.05) is 13.1 Å². The Morgan fingerprint density at radius 3 is 1.91 bits per heavy atom. The fourth-order valence-corrected chi connectivity index (χ4v) is 5.58. The smallest absolute Gasteiger partial charge is 0.285 e. The van der Waals surface area contributed by atoms with Crippen LogP contribution in [0.3, 0.4) is 0 Å². The number of rotatable bonds is 11. The van der Waals surface area contributed by atoms with Crippen LogP contribution < -0.4 is 18.9 Å². The second-order valence-electron chi connectivity index (χ2n) is 10.7. The summed E-state index contributed by atoms with van der Waals surface area (Å²) in [5, 5.41) is 0.895. The van der Waals surface area contributed by atoms with Crippen LogP contribution in [0, 0.1) is 0 Å². The molecule has 4 aromatic carbocycles. The van der Waals surface area contributed by atoms with Crippen molar-refractivity contribution in [3.8, 4) is 23.0 Å². The van der Waals surface area contributed by atoms with Gasteiger partial charge >= 0.3 is 0 Å². The summed E-state index contributed by atoms with van der Waals surface area (Å²) < 4.78 is 22.8. The highest BCUT2D eigenvalue weighted by atomic mass is 35.5. The van der Waals surface area contributed by atoms with Crippen molar-refractivity contribution in [3.63, 3.8) is 0 Å². The molecule has 2 aliphatic heterocycles. The molecule has 0 N–H and O–H groups in total. The van der Waals surface area contributed by atoms with E-state index in [1.165, 1.54) is 0 Å². The SMILES string of the molecule is COc1ccc(COc2ccc(C(=O)N3CC[C@H](ON4C(=O)c5ccccc5C4=O)C3)c(Cl)c2OCc2ccc(OC)cc2)cc1. The summed E-state index contributed by atoms with van der Waals surface area (Å²) in [5.74, 6) is 0.684. The van der Waals surface area contributed by atoms with Gasteiger partial charge in [0.2, 0.25) is 0 Å². The van der Waals surface area contributed by atoms with Crippen LogP contribution in [0.5, 0.6) is 23.0 Å². The highest BCUT2D eigenvalue weighted by Gasteiger charge is 2.40. The second-order valence-corrected chi connectivity index (χ2v) is 11.1. The standard InChI is InChI=1S/C35H31ClN2O8/c1-42-24-11-7-22(8-12-24)20-44-30-16-15-29(31(36)32(30)45-21-23-9-13-25(43-2)14-10-23)33(39)37-18-17-26(19-37)46-38-34(40)27-5-3-4-6-28(27)35(38)41/h3-16,26H,17-21H2,1-2H3/t26-/m0/s1. The topological polar surface area (TPSA) is 104 Å². The molecule has 0 saturated carbocycles. The molecule has 236 valence electrons. The number of hydrogen-bond donors (Lipinski definition) is 0. The Labute approximate surface area is 270 Å². The lowest BCUT2D eigenvalue weighted by Crippen LogP contribution is -2.37. The molecule has 1 fully saturated rings. The number of methoxy groups -OCH3 is 2. The van der Waals surface area contributed by atoms with Gasteiger partial charge in [0.25, 0.3) is 17.7 Å². The van der Waals surface area contributed by atoms with E-state index in [0.717, 1.165) is 21.9 Å². The van der Waals surface area contributed by atoms with Crippen molar-refractivity contribution in [2.75, 3.05) is 27.3 Å². The van der Waals surface area contributed by atoms with Crippen LogP contribution in [-0.2, 0) is 18.1 Å². The van der Waals surface area contributed by atoms with Gasteiger partial charge in [-0.3, -0.25) is 19.2 Å². The van der Waals surface area contributed by atoms with Crippen LogP contribution in [0.25, 0.3) is 0 Å². The fourth-order valence-electron chi connectivity index (χ4n) is 5.29. The zero-order chi connectivity index (χ0) is 32.2. The lowest BCUT2D eigenvalue weighted by atomic mass is 10.1. The van der Waals surface area contributed by atoms with E-state index >= 15 is 0 Å². The van der Waals surface area contributed by atoms with E-state index in [2.05, 4.69) is 0 Å². The number of amides is 3. The zero-order valence-electron chi connectivity index (χ0n) is 25.2. The van der Waals surface area contributed by atoms with Crippen molar-refractivity contribution in [3.05, 3.63) is 118 Å². The molecule has 0 radical (unpaired) electrons. The summed E-state index contributed by atoms with van der Waals surface area (Å²) in [5.41, 5.74) is 2.58. The first kappa shape index (κ1) is 30.9. The second kappa shape index (κ2) is 13.5. The quantitative estimate of drug-likeness (QED) is 0.185. The number of imide groups is 1. The number of carbonyl (C=O) groups excluding carboxylic acids is 3. The van der Waals surface area contributed by atoms with E-state index in [-0.39, 0.29) is 42.0 Å². The molecular weight excluding hydrogens is 612 g/mol. The number of fused-ring (bicyclic) bond motifs is 1. The maximum Gasteiger partial charge on any atom is 0.285 e. The van der Waals surface area contributed by atoms with Gasteiger partial charge in [-0.1, -0.05) is 48.0 Å². The lowest BCUT2D eigenvalue weighted by molar-refractivity contribution is -0.126. The molecule has 1 atom stereocenters. The van der Waals surface area contributed by atoms with Crippen molar-refractivity contribution in [2.24, 2.45) is 0 Å². The summed E-state index contributed by atoms with van der Waals surface area (Å²) in [7, 11) is 3.20. The Bertz CT molecular complexity index is 1720. The molecule has 0 unspecified atom stereocenters. The summed E-state index contributed by atoms with van der Waals surface area (Å²) in [4.78, 5) is 46.6. The number of hydroxylamine groups is 2. The molecule has 4 aromatic rings. The molecule has 11 heteroatoms. The predicted molar refractivity (Wildman–Crippen MR) is 168 cm³/mol. The van der Waals surface area contributed by atoms with Crippen LogP contribution in [0.1, 0.15) is 48.6 Å². The highest BCUT2D eigenvalue weighted by molar-refractivity contribution is 6.35. The molecule has 0 aromatic heterocycles. The van der Waals surface area contributed by atoms with Crippen LogP contribution in [0.15, 0.2) is 84.9 Å². The van der Waals surface area contributed by atoms with Crippen molar-refractivity contribution >= 4 is 29.3 Å². The molecule has 2 aliphatic rings.